The molecule has 0 atom stereocenters. The number of aromatic nitrogens is 1. The fourth-order valence-electron chi connectivity index (χ4n) is 2.93. The average molecular weight is 279 g/mol. The number of pyridine rings is 1. The van der Waals surface area contributed by atoms with E-state index in [0.29, 0.717) is 5.71 Å². The van der Waals surface area contributed by atoms with Crippen molar-refractivity contribution >= 4 is 27.8 Å². The summed E-state index contributed by atoms with van der Waals surface area (Å²) in [5.74, 6) is 0. The molecule has 0 bridgehead atoms. The van der Waals surface area contributed by atoms with E-state index in [-0.39, 0.29) is 0 Å². The van der Waals surface area contributed by atoms with Crippen LogP contribution in [0.4, 0.5) is 5.69 Å². The largest absolute Gasteiger partial charge is 0.435 e. The number of hydrogen-bond acceptors (Lipinski definition) is 4. The lowest BCUT2D eigenvalue weighted by Gasteiger charge is -2.20. The van der Waals surface area contributed by atoms with Crippen molar-refractivity contribution in [2.75, 3.05) is 18.6 Å². The van der Waals surface area contributed by atoms with Gasteiger partial charge < -0.3 is 14.2 Å². The summed E-state index contributed by atoms with van der Waals surface area (Å²) in [5, 5.41) is 2.20. The van der Waals surface area contributed by atoms with Crippen LogP contribution in [0.1, 0.15) is 11.3 Å². The van der Waals surface area contributed by atoms with Crippen molar-refractivity contribution in [1.29, 1.82) is 0 Å². The zero-order valence-electron chi connectivity index (χ0n) is 12.4. The number of anilines is 1. The van der Waals surface area contributed by atoms with E-state index in [1.54, 1.807) is 0 Å². The highest BCUT2D eigenvalue weighted by Gasteiger charge is 2.20. The quantitative estimate of drug-likeness (QED) is 0.678. The standard InChI is InChI=1S/C17H17N3O/c1-11-4-6-13-14-7-5-12(2)18-17(14)21-16(13)15(11)20-9-8-19(3)10-20/h4-9H,10H2,1-3H3. The maximum atomic E-state index is 6.09. The fraction of sp³-hybridized carbons (Fsp3) is 0.235. The summed E-state index contributed by atoms with van der Waals surface area (Å²) in [6.07, 6.45) is 4.16. The Hall–Kier alpha value is -2.49. The van der Waals surface area contributed by atoms with Gasteiger partial charge in [0.25, 0.3) is 0 Å². The van der Waals surface area contributed by atoms with Crippen LogP contribution >= 0.6 is 0 Å². The Morgan fingerprint density at radius 3 is 2.62 bits per heavy atom. The van der Waals surface area contributed by atoms with E-state index in [0.717, 1.165) is 34.4 Å². The molecule has 0 aliphatic carbocycles. The molecule has 0 saturated carbocycles. The zero-order valence-corrected chi connectivity index (χ0v) is 12.4. The van der Waals surface area contributed by atoms with Crippen molar-refractivity contribution in [2.45, 2.75) is 13.8 Å². The Morgan fingerprint density at radius 2 is 1.86 bits per heavy atom. The normalized spacial score (nSPS) is 14.8. The Bertz CT molecular complexity index is 878. The van der Waals surface area contributed by atoms with Gasteiger partial charge in [0.05, 0.1) is 12.4 Å². The van der Waals surface area contributed by atoms with Crippen LogP contribution in [0.2, 0.25) is 0 Å². The first-order chi connectivity index (χ1) is 10.1. The minimum atomic E-state index is 0.716. The molecule has 4 nitrogen and oxygen atoms in total. The number of nitrogens with zero attached hydrogens (tertiary/aromatic N) is 3. The molecule has 0 amide bonds. The molecule has 21 heavy (non-hydrogen) atoms. The van der Waals surface area contributed by atoms with Crippen molar-refractivity contribution in [3.8, 4) is 0 Å². The van der Waals surface area contributed by atoms with Gasteiger partial charge in [-0.05, 0) is 31.5 Å². The lowest BCUT2D eigenvalue weighted by atomic mass is 10.1. The van der Waals surface area contributed by atoms with E-state index in [1.165, 1.54) is 5.56 Å². The average Bonchev–Trinajstić information content (AvgIpc) is 3.01. The monoisotopic (exact) mass is 279 g/mol. The molecule has 1 aliphatic rings. The van der Waals surface area contributed by atoms with E-state index in [4.69, 9.17) is 4.42 Å². The predicted octanol–water partition coefficient (Wildman–Crippen LogP) is 3.78. The minimum absolute atomic E-state index is 0.716. The highest BCUT2D eigenvalue weighted by Crippen LogP contribution is 2.37. The molecule has 106 valence electrons. The van der Waals surface area contributed by atoms with Crippen LogP contribution in [0, 0.1) is 13.8 Å². The fourth-order valence-corrected chi connectivity index (χ4v) is 2.93. The van der Waals surface area contributed by atoms with E-state index in [2.05, 4.69) is 59.4 Å². The number of fused-ring (bicyclic) bond motifs is 3. The molecule has 3 heterocycles. The third kappa shape index (κ3) is 1.79. The third-order valence-electron chi connectivity index (χ3n) is 3.99. The van der Waals surface area contributed by atoms with Crippen LogP contribution < -0.4 is 4.90 Å². The van der Waals surface area contributed by atoms with Crippen molar-refractivity contribution in [3.05, 3.63) is 47.9 Å². The second-order valence-electron chi connectivity index (χ2n) is 5.68. The van der Waals surface area contributed by atoms with Crippen LogP contribution in [-0.4, -0.2) is 23.6 Å². The summed E-state index contributed by atoms with van der Waals surface area (Å²) < 4.78 is 6.09. The second kappa shape index (κ2) is 4.25. The molecule has 0 spiro atoms. The Morgan fingerprint density at radius 1 is 1.05 bits per heavy atom. The first kappa shape index (κ1) is 12.3. The van der Waals surface area contributed by atoms with E-state index < -0.39 is 0 Å². The zero-order chi connectivity index (χ0) is 14.6. The Balaban J connectivity index is 2.03. The summed E-state index contributed by atoms with van der Waals surface area (Å²) in [4.78, 5) is 8.87. The molecule has 0 saturated heterocycles. The van der Waals surface area contributed by atoms with Gasteiger partial charge in [-0.3, -0.25) is 0 Å². The summed E-state index contributed by atoms with van der Waals surface area (Å²) in [6, 6.07) is 8.40. The number of hydrogen-bond donors (Lipinski definition) is 0. The highest BCUT2D eigenvalue weighted by molar-refractivity contribution is 6.08. The van der Waals surface area contributed by atoms with Crippen molar-refractivity contribution in [3.63, 3.8) is 0 Å². The van der Waals surface area contributed by atoms with Crippen LogP contribution in [-0.2, 0) is 0 Å². The van der Waals surface area contributed by atoms with Crippen molar-refractivity contribution in [1.82, 2.24) is 9.88 Å². The van der Waals surface area contributed by atoms with Gasteiger partial charge in [0.2, 0.25) is 5.71 Å². The topological polar surface area (TPSA) is 32.5 Å². The van der Waals surface area contributed by atoms with Gasteiger partial charge >= 0.3 is 0 Å². The van der Waals surface area contributed by atoms with Gasteiger partial charge in [0, 0.05) is 35.9 Å². The van der Waals surface area contributed by atoms with Gasteiger partial charge in [-0.2, -0.15) is 0 Å². The first-order valence-corrected chi connectivity index (χ1v) is 7.08. The molecular formula is C17H17N3O. The summed E-state index contributed by atoms with van der Waals surface area (Å²) in [6.45, 7) is 4.94. The number of furan rings is 1. The molecule has 1 aliphatic heterocycles. The Kier molecular flexibility index (Phi) is 2.48. The van der Waals surface area contributed by atoms with Crippen molar-refractivity contribution < 1.29 is 4.42 Å². The summed E-state index contributed by atoms with van der Waals surface area (Å²) in [5.41, 5.74) is 4.94. The predicted molar refractivity (Wildman–Crippen MR) is 85.2 cm³/mol. The van der Waals surface area contributed by atoms with Gasteiger partial charge in [0.15, 0.2) is 5.58 Å². The molecule has 0 N–H and O–H groups in total. The number of rotatable bonds is 1. The molecule has 1 aromatic carbocycles. The smallest absolute Gasteiger partial charge is 0.227 e. The SMILES string of the molecule is Cc1ccc2c(n1)oc1c(N3C=CN(C)C3)c(C)ccc12. The molecule has 2 aromatic heterocycles. The van der Waals surface area contributed by atoms with E-state index in [1.807, 2.05) is 13.0 Å². The van der Waals surface area contributed by atoms with Crippen LogP contribution in [0.3, 0.4) is 0 Å². The van der Waals surface area contributed by atoms with Gasteiger partial charge in [-0.25, -0.2) is 4.98 Å². The summed E-state index contributed by atoms with van der Waals surface area (Å²) >= 11 is 0. The molecule has 4 heteroatoms. The Labute approximate surface area is 123 Å². The van der Waals surface area contributed by atoms with Gasteiger partial charge in [-0.1, -0.05) is 12.1 Å². The lowest BCUT2D eigenvalue weighted by Crippen LogP contribution is -2.22. The molecule has 0 radical (unpaired) electrons. The molecular weight excluding hydrogens is 262 g/mol. The maximum Gasteiger partial charge on any atom is 0.227 e. The minimum Gasteiger partial charge on any atom is -0.435 e. The highest BCUT2D eigenvalue weighted by atomic mass is 16.3. The van der Waals surface area contributed by atoms with Crippen LogP contribution in [0.15, 0.2) is 41.1 Å². The maximum absolute atomic E-state index is 6.09. The van der Waals surface area contributed by atoms with Gasteiger partial charge in [0.1, 0.15) is 0 Å². The molecule has 4 rings (SSSR count). The van der Waals surface area contributed by atoms with Crippen LogP contribution in [0.5, 0.6) is 0 Å². The van der Waals surface area contributed by atoms with E-state index in [9.17, 15) is 0 Å². The first-order valence-electron chi connectivity index (χ1n) is 7.08. The third-order valence-corrected chi connectivity index (χ3v) is 3.99. The van der Waals surface area contributed by atoms with Crippen molar-refractivity contribution in [2.24, 2.45) is 0 Å². The van der Waals surface area contributed by atoms with E-state index >= 15 is 0 Å². The summed E-state index contributed by atoms with van der Waals surface area (Å²) in [7, 11) is 2.07. The van der Waals surface area contributed by atoms with Gasteiger partial charge in [-0.15, -0.1) is 0 Å². The van der Waals surface area contributed by atoms with Crippen LogP contribution in [0.25, 0.3) is 22.1 Å². The number of benzene rings is 1. The molecule has 3 aromatic rings. The lowest BCUT2D eigenvalue weighted by molar-refractivity contribution is 0.495. The molecule has 0 fully saturated rings. The number of aryl methyl sites for hydroxylation is 2. The second-order valence-corrected chi connectivity index (χ2v) is 5.68. The molecule has 0 unspecified atom stereocenters.